The number of hydrogen-bond donors (Lipinski definition) is 2. The summed E-state index contributed by atoms with van der Waals surface area (Å²) in [5, 5.41) is 13.8. The minimum atomic E-state index is -4.62. The van der Waals surface area contributed by atoms with Gasteiger partial charge in [-0.1, -0.05) is 234 Å². The minimum Gasteiger partial charge on any atom is -0.756 e. The van der Waals surface area contributed by atoms with Gasteiger partial charge < -0.3 is 28.8 Å². The number of allylic oxidation sites excluding steroid dienone is 13. The highest BCUT2D eigenvalue weighted by Gasteiger charge is 2.23. The molecular formula is C59H107N2O6P. The summed E-state index contributed by atoms with van der Waals surface area (Å²) in [6.07, 6.45) is 69.4. The van der Waals surface area contributed by atoms with E-state index in [1.165, 1.54) is 122 Å². The summed E-state index contributed by atoms with van der Waals surface area (Å²) in [5.41, 5.74) is 0. The zero-order valence-corrected chi connectivity index (χ0v) is 45.7. The first-order valence-electron chi connectivity index (χ1n) is 27.9. The van der Waals surface area contributed by atoms with E-state index in [4.69, 9.17) is 9.05 Å². The number of rotatable bonds is 50. The molecule has 0 aromatic heterocycles. The van der Waals surface area contributed by atoms with Gasteiger partial charge in [-0.25, -0.2) is 0 Å². The van der Waals surface area contributed by atoms with Crippen LogP contribution in [0.25, 0.3) is 0 Å². The van der Waals surface area contributed by atoms with Crippen molar-refractivity contribution in [3.05, 3.63) is 85.1 Å². The van der Waals surface area contributed by atoms with E-state index in [1.54, 1.807) is 6.08 Å². The van der Waals surface area contributed by atoms with Gasteiger partial charge in [0.1, 0.15) is 13.2 Å². The number of phosphoric ester groups is 1. The van der Waals surface area contributed by atoms with Crippen LogP contribution in [0, 0.1) is 0 Å². The Balaban J connectivity index is 4.34. The number of quaternary nitrogens is 1. The molecule has 2 N–H and O–H groups in total. The lowest BCUT2D eigenvalue weighted by atomic mass is 10.0. The van der Waals surface area contributed by atoms with Crippen LogP contribution >= 0.6 is 7.82 Å². The number of amides is 1. The molecule has 0 aliphatic rings. The SMILES string of the molecule is CC/C=C\C/C=C\C/C=C\C/C=C\C/C=C\CCCCCCCC(=O)NC(COP(=O)([O-])OCC[N+](C)(C)C)C(O)/C=C/CC/C=C/CCCCCCCCCCCCCCCCCCCCC. The van der Waals surface area contributed by atoms with Crippen LogP contribution in [-0.4, -0.2) is 68.5 Å². The van der Waals surface area contributed by atoms with Crippen molar-refractivity contribution in [1.29, 1.82) is 0 Å². The fraction of sp³-hybridized carbons (Fsp3) is 0.746. The van der Waals surface area contributed by atoms with Gasteiger partial charge in [-0.05, 0) is 77.0 Å². The molecule has 0 aromatic rings. The quantitative estimate of drug-likeness (QED) is 0.0272. The van der Waals surface area contributed by atoms with E-state index in [9.17, 15) is 19.4 Å². The largest absolute Gasteiger partial charge is 0.756 e. The normalized spacial score (nSPS) is 14.6. The van der Waals surface area contributed by atoms with Gasteiger partial charge >= 0.3 is 0 Å². The number of nitrogens with one attached hydrogen (secondary N) is 1. The third-order valence-corrected chi connectivity index (χ3v) is 13.1. The number of unbranched alkanes of at least 4 members (excludes halogenated alkanes) is 25. The molecule has 0 aromatic carbocycles. The molecule has 8 nitrogen and oxygen atoms in total. The summed E-state index contributed by atoms with van der Waals surface area (Å²) in [6.45, 7) is 4.50. The first-order valence-corrected chi connectivity index (χ1v) is 29.4. The van der Waals surface area contributed by atoms with Gasteiger partial charge in [0.15, 0.2) is 0 Å². The number of hydrogen-bond acceptors (Lipinski definition) is 6. The first-order chi connectivity index (χ1) is 33.0. The van der Waals surface area contributed by atoms with E-state index in [-0.39, 0.29) is 12.5 Å². The fourth-order valence-corrected chi connectivity index (χ4v) is 8.45. The average molecular weight is 971 g/mol. The number of aliphatic hydroxyl groups excluding tert-OH is 1. The van der Waals surface area contributed by atoms with Gasteiger partial charge in [0, 0.05) is 6.42 Å². The Morgan fingerprint density at radius 3 is 1.37 bits per heavy atom. The maximum absolute atomic E-state index is 12.9. The van der Waals surface area contributed by atoms with Gasteiger partial charge in [-0.3, -0.25) is 9.36 Å². The first kappa shape index (κ1) is 65.7. The Morgan fingerprint density at radius 2 is 0.912 bits per heavy atom. The van der Waals surface area contributed by atoms with Crippen molar-refractivity contribution in [1.82, 2.24) is 5.32 Å². The van der Waals surface area contributed by atoms with Crippen molar-refractivity contribution in [3.63, 3.8) is 0 Å². The zero-order chi connectivity index (χ0) is 49.9. The summed E-state index contributed by atoms with van der Waals surface area (Å²) < 4.78 is 23.3. The second-order valence-corrected chi connectivity index (χ2v) is 21.3. The molecule has 1 amide bonds. The lowest BCUT2D eigenvalue weighted by Gasteiger charge is -2.29. The molecule has 0 heterocycles. The van der Waals surface area contributed by atoms with Crippen LogP contribution < -0.4 is 10.2 Å². The van der Waals surface area contributed by atoms with E-state index in [0.717, 1.165) is 89.9 Å². The smallest absolute Gasteiger partial charge is 0.268 e. The predicted octanol–water partition coefficient (Wildman–Crippen LogP) is 16.2. The van der Waals surface area contributed by atoms with Crippen LogP contribution in [0.1, 0.15) is 232 Å². The maximum Gasteiger partial charge on any atom is 0.268 e. The standard InChI is InChI=1S/C59H107N2O6P/c1-6-8-10-12-14-16-18-20-22-24-26-28-29-30-31-33-34-36-38-40-42-44-46-48-50-52-58(62)57(56-67-68(64,65)66-55-54-61(3,4)5)60-59(63)53-51-49-47-45-43-41-39-37-35-32-27-25-23-21-19-17-15-13-11-9-7-2/h9,11,15,17,21,23,27,32,37,39,42,44,50,52,57-58,62H,6-8,10,12-14,16,18-20,22,24-26,28-31,33-36,38,40-41,43,45-49,51,53-56H2,1-5H3,(H-,60,63,64,65)/b11-9-,17-15-,23-21-,32-27-,39-37-,44-42+,52-50+. The zero-order valence-electron chi connectivity index (χ0n) is 44.8. The second-order valence-electron chi connectivity index (χ2n) is 19.9. The van der Waals surface area contributed by atoms with E-state index < -0.39 is 26.6 Å². The van der Waals surface area contributed by atoms with Crippen molar-refractivity contribution in [2.45, 2.75) is 244 Å². The molecule has 0 fully saturated rings. The number of nitrogens with zero attached hydrogens (tertiary/aromatic N) is 1. The summed E-state index contributed by atoms with van der Waals surface area (Å²) in [6, 6.07) is -0.920. The molecule has 68 heavy (non-hydrogen) atoms. The van der Waals surface area contributed by atoms with Gasteiger partial charge in [-0.15, -0.1) is 0 Å². The topological polar surface area (TPSA) is 108 Å². The Kier molecular flexibility index (Phi) is 48.0. The van der Waals surface area contributed by atoms with Crippen LogP contribution in [0.2, 0.25) is 0 Å². The molecule has 9 heteroatoms. The summed E-state index contributed by atoms with van der Waals surface area (Å²) in [4.78, 5) is 25.5. The molecule has 0 saturated carbocycles. The van der Waals surface area contributed by atoms with E-state index >= 15 is 0 Å². The van der Waals surface area contributed by atoms with Crippen molar-refractivity contribution >= 4 is 13.7 Å². The predicted molar refractivity (Wildman–Crippen MR) is 293 cm³/mol. The molecule has 394 valence electrons. The van der Waals surface area contributed by atoms with Crippen LogP contribution in [0.3, 0.4) is 0 Å². The summed E-state index contributed by atoms with van der Waals surface area (Å²) >= 11 is 0. The van der Waals surface area contributed by atoms with Crippen molar-refractivity contribution in [3.8, 4) is 0 Å². The highest BCUT2D eigenvalue weighted by Crippen LogP contribution is 2.38. The van der Waals surface area contributed by atoms with E-state index in [2.05, 4.69) is 92.1 Å². The molecule has 0 bridgehead atoms. The Hall–Kier alpha value is -2.32. The highest BCUT2D eigenvalue weighted by atomic mass is 31.2. The lowest BCUT2D eigenvalue weighted by Crippen LogP contribution is -2.45. The third-order valence-electron chi connectivity index (χ3n) is 12.1. The molecule has 0 aliphatic heterocycles. The van der Waals surface area contributed by atoms with Crippen molar-refractivity contribution in [2.75, 3.05) is 40.9 Å². The Bertz CT molecular complexity index is 1380. The number of aliphatic hydroxyl groups is 1. The monoisotopic (exact) mass is 971 g/mol. The lowest BCUT2D eigenvalue weighted by molar-refractivity contribution is -0.870. The van der Waals surface area contributed by atoms with Crippen LogP contribution in [0.4, 0.5) is 0 Å². The summed E-state index contributed by atoms with van der Waals surface area (Å²) in [5.74, 6) is -0.228. The Morgan fingerprint density at radius 1 is 0.529 bits per heavy atom. The van der Waals surface area contributed by atoms with Gasteiger partial charge in [0.2, 0.25) is 5.91 Å². The third kappa shape index (κ3) is 51.5. The fourth-order valence-electron chi connectivity index (χ4n) is 7.73. The average Bonchev–Trinajstić information content (AvgIpc) is 3.30. The number of likely N-dealkylation sites (N-methyl/N-ethyl adjacent to an activating group) is 1. The van der Waals surface area contributed by atoms with E-state index in [0.29, 0.717) is 17.4 Å². The molecule has 0 saturated heterocycles. The molecule has 3 unspecified atom stereocenters. The molecular weight excluding hydrogens is 864 g/mol. The molecule has 0 rings (SSSR count). The number of phosphoric acid groups is 1. The molecule has 3 atom stereocenters. The maximum atomic E-state index is 12.9. The molecule has 0 aliphatic carbocycles. The number of carbonyl (C=O) groups excluding carboxylic acids is 1. The van der Waals surface area contributed by atoms with Gasteiger partial charge in [0.25, 0.3) is 7.82 Å². The van der Waals surface area contributed by atoms with Crippen LogP contribution in [-0.2, 0) is 18.4 Å². The van der Waals surface area contributed by atoms with E-state index in [1.807, 2.05) is 27.2 Å². The van der Waals surface area contributed by atoms with Crippen LogP contribution in [0.15, 0.2) is 85.1 Å². The molecule has 0 spiro atoms. The highest BCUT2D eigenvalue weighted by molar-refractivity contribution is 7.45. The van der Waals surface area contributed by atoms with Gasteiger partial charge in [0.05, 0.1) is 39.9 Å². The second kappa shape index (κ2) is 49.7. The minimum absolute atomic E-state index is 0.0147. The Labute approximate surface area is 420 Å². The van der Waals surface area contributed by atoms with Crippen LogP contribution in [0.5, 0.6) is 0 Å². The van der Waals surface area contributed by atoms with Gasteiger partial charge in [-0.2, -0.15) is 0 Å². The molecule has 0 radical (unpaired) electrons. The van der Waals surface area contributed by atoms with Crippen molar-refractivity contribution in [2.24, 2.45) is 0 Å². The van der Waals surface area contributed by atoms with Crippen molar-refractivity contribution < 1.29 is 32.9 Å². The summed E-state index contributed by atoms with van der Waals surface area (Å²) in [7, 11) is 1.22. The number of carbonyl (C=O) groups is 1.